The van der Waals surface area contributed by atoms with E-state index in [0.29, 0.717) is 0 Å². The van der Waals surface area contributed by atoms with Crippen molar-refractivity contribution in [2.45, 2.75) is 26.1 Å². The number of rotatable bonds is 3. The summed E-state index contributed by atoms with van der Waals surface area (Å²) in [6, 6.07) is 0. The smallest absolute Gasteiger partial charge is 0.188 e. The third kappa shape index (κ3) is 2.91. The SMILES string of the molecule is CC(F)C(C)OCF. The Kier molecular flexibility index (Phi) is 3.69. The van der Waals surface area contributed by atoms with Crippen molar-refractivity contribution in [2.24, 2.45) is 0 Å². The minimum absolute atomic E-state index is 0.625. The lowest BCUT2D eigenvalue weighted by atomic mass is 10.3. The molecule has 2 atom stereocenters. The molecule has 0 aromatic carbocycles. The van der Waals surface area contributed by atoms with Gasteiger partial charge in [-0.1, -0.05) is 0 Å². The molecule has 8 heavy (non-hydrogen) atoms. The van der Waals surface area contributed by atoms with Crippen LogP contribution in [0.3, 0.4) is 0 Å². The highest BCUT2D eigenvalue weighted by Gasteiger charge is 2.09. The molecule has 0 aliphatic heterocycles. The Morgan fingerprint density at radius 2 is 2.00 bits per heavy atom. The fourth-order valence-electron chi connectivity index (χ4n) is 0.232. The van der Waals surface area contributed by atoms with Crippen molar-refractivity contribution in [1.82, 2.24) is 0 Å². The molecule has 0 saturated carbocycles. The topological polar surface area (TPSA) is 9.23 Å². The van der Waals surface area contributed by atoms with E-state index in [1.54, 1.807) is 0 Å². The van der Waals surface area contributed by atoms with Crippen molar-refractivity contribution in [1.29, 1.82) is 0 Å². The molecule has 0 rings (SSSR count). The van der Waals surface area contributed by atoms with E-state index in [4.69, 9.17) is 0 Å². The average molecular weight is 124 g/mol. The van der Waals surface area contributed by atoms with Crippen LogP contribution in [0.5, 0.6) is 0 Å². The van der Waals surface area contributed by atoms with Crippen LogP contribution in [0.15, 0.2) is 0 Å². The predicted octanol–water partition coefficient (Wildman–Crippen LogP) is 1.68. The van der Waals surface area contributed by atoms with Crippen LogP contribution in [0.4, 0.5) is 8.78 Å². The molecule has 0 spiro atoms. The number of hydrogen-bond acceptors (Lipinski definition) is 1. The van der Waals surface area contributed by atoms with Crippen molar-refractivity contribution in [3.63, 3.8) is 0 Å². The molecule has 0 saturated heterocycles. The molecule has 0 aromatic rings. The molecule has 3 heteroatoms. The highest BCUT2D eigenvalue weighted by atomic mass is 19.1. The van der Waals surface area contributed by atoms with Gasteiger partial charge < -0.3 is 4.74 Å². The maximum atomic E-state index is 12.0. The first-order chi connectivity index (χ1) is 3.68. The quantitative estimate of drug-likeness (QED) is 0.556. The van der Waals surface area contributed by atoms with Gasteiger partial charge in [-0.05, 0) is 13.8 Å². The normalized spacial score (nSPS) is 18.0. The molecule has 1 nitrogen and oxygen atoms in total. The third-order valence-electron chi connectivity index (χ3n) is 0.973. The molecule has 0 aliphatic rings. The van der Waals surface area contributed by atoms with Crippen LogP contribution in [0.25, 0.3) is 0 Å². The summed E-state index contributed by atoms with van der Waals surface area (Å²) in [6.45, 7) is 1.92. The van der Waals surface area contributed by atoms with Gasteiger partial charge in [-0.25, -0.2) is 8.78 Å². The van der Waals surface area contributed by atoms with E-state index in [9.17, 15) is 8.78 Å². The van der Waals surface area contributed by atoms with Gasteiger partial charge in [0, 0.05) is 0 Å². The lowest BCUT2D eigenvalue weighted by molar-refractivity contribution is -0.0294. The zero-order chi connectivity index (χ0) is 6.57. The molecule has 50 valence electrons. The van der Waals surface area contributed by atoms with Gasteiger partial charge >= 0.3 is 0 Å². The molecule has 0 aromatic heterocycles. The molecular formula is C5H10F2O. The average Bonchev–Trinajstić information content (AvgIpc) is 1.67. The van der Waals surface area contributed by atoms with Gasteiger partial charge in [0.1, 0.15) is 6.17 Å². The fourth-order valence-corrected chi connectivity index (χ4v) is 0.232. The maximum absolute atomic E-state index is 12.0. The summed E-state index contributed by atoms with van der Waals surface area (Å²) in [7, 11) is 0. The van der Waals surface area contributed by atoms with E-state index >= 15 is 0 Å². The summed E-state index contributed by atoms with van der Waals surface area (Å²) < 4.78 is 27.5. The number of halogens is 2. The Hall–Kier alpha value is -0.180. The molecule has 0 bridgehead atoms. The van der Waals surface area contributed by atoms with Crippen LogP contribution in [-0.2, 0) is 4.74 Å². The molecule has 0 aliphatic carbocycles. The first-order valence-corrected chi connectivity index (χ1v) is 2.50. The van der Waals surface area contributed by atoms with Gasteiger partial charge in [0.2, 0.25) is 0 Å². The van der Waals surface area contributed by atoms with Gasteiger partial charge in [0.15, 0.2) is 6.86 Å². The zero-order valence-electron chi connectivity index (χ0n) is 5.03. The Balaban J connectivity index is 3.17. The summed E-state index contributed by atoms with van der Waals surface area (Å²) in [5, 5.41) is 0. The van der Waals surface area contributed by atoms with Gasteiger partial charge in [0.05, 0.1) is 6.10 Å². The Morgan fingerprint density at radius 3 is 2.12 bits per heavy atom. The van der Waals surface area contributed by atoms with Crippen molar-refractivity contribution in [2.75, 3.05) is 6.86 Å². The molecule has 0 radical (unpaired) electrons. The van der Waals surface area contributed by atoms with Crippen molar-refractivity contribution < 1.29 is 13.5 Å². The van der Waals surface area contributed by atoms with Gasteiger partial charge in [-0.15, -0.1) is 0 Å². The number of ether oxygens (including phenoxy) is 1. The Morgan fingerprint density at radius 1 is 1.50 bits per heavy atom. The van der Waals surface area contributed by atoms with E-state index in [1.165, 1.54) is 13.8 Å². The minimum atomic E-state index is -1.09. The van der Waals surface area contributed by atoms with E-state index in [-0.39, 0.29) is 0 Å². The summed E-state index contributed by atoms with van der Waals surface area (Å²) in [5.74, 6) is 0. The maximum Gasteiger partial charge on any atom is 0.188 e. The van der Waals surface area contributed by atoms with Crippen LogP contribution in [0.2, 0.25) is 0 Å². The second kappa shape index (κ2) is 3.78. The van der Waals surface area contributed by atoms with Crippen LogP contribution < -0.4 is 0 Å². The Bertz CT molecular complexity index is 56.4. The number of hydrogen-bond donors (Lipinski definition) is 0. The summed E-state index contributed by atoms with van der Waals surface area (Å²) >= 11 is 0. The molecule has 0 heterocycles. The van der Waals surface area contributed by atoms with Crippen LogP contribution in [-0.4, -0.2) is 19.1 Å². The minimum Gasteiger partial charge on any atom is -0.344 e. The van der Waals surface area contributed by atoms with Gasteiger partial charge in [-0.2, -0.15) is 0 Å². The molecular weight excluding hydrogens is 114 g/mol. The van der Waals surface area contributed by atoms with Gasteiger partial charge in [0.25, 0.3) is 0 Å². The van der Waals surface area contributed by atoms with Crippen molar-refractivity contribution >= 4 is 0 Å². The molecule has 0 fully saturated rings. The third-order valence-corrected chi connectivity index (χ3v) is 0.973. The Labute approximate surface area is 47.6 Å². The highest BCUT2D eigenvalue weighted by Crippen LogP contribution is 2.00. The predicted molar refractivity (Wildman–Crippen MR) is 27.1 cm³/mol. The largest absolute Gasteiger partial charge is 0.344 e. The van der Waals surface area contributed by atoms with E-state index in [1.807, 2.05) is 0 Å². The lowest BCUT2D eigenvalue weighted by Gasteiger charge is -2.09. The first-order valence-electron chi connectivity index (χ1n) is 2.50. The summed E-state index contributed by atoms with van der Waals surface area (Å²) in [6.07, 6.45) is -1.72. The van der Waals surface area contributed by atoms with Crippen LogP contribution in [0, 0.1) is 0 Å². The second-order valence-corrected chi connectivity index (χ2v) is 1.66. The monoisotopic (exact) mass is 124 g/mol. The van der Waals surface area contributed by atoms with Gasteiger partial charge in [-0.3, -0.25) is 0 Å². The number of alkyl halides is 2. The zero-order valence-corrected chi connectivity index (χ0v) is 5.03. The highest BCUT2D eigenvalue weighted by molar-refractivity contribution is 4.55. The standard InChI is InChI=1S/C5H10F2O/c1-4(7)5(2)8-3-6/h4-5H,3H2,1-2H3. The molecule has 2 unspecified atom stereocenters. The summed E-state index contributed by atoms with van der Waals surface area (Å²) in [5.41, 5.74) is 0. The van der Waals surface area contributed by atoms with Crippen molar-refractivity contribution in [3.05, 3.63) is 0 Å². The van der Waals surface area contributed by atoms with Crippen LogP contribution >= 0.6 is 0 Å². The molecule has 0 amide bonds. The summed E-state index contributed by atoms with van der Waals surface area (Å²) in [4.78, 5) is 0. The van der Waals surface area contributed by atoms with E-state index in [0.717, 1.165) is 0 Å². The first kappa shape index (κ1) is 7.82. The molecule has 0 N–H and O–H groups in total. The lowest BCUT2D eigenvalue weighted by Crippen LogP contribution is -2.18. The fraction of sp³-hybridized carbons (Fsp3) is 1.00. The van der Waals surface area contributed by atoms with Crippen LogP contribution in [0.1, 0.15) is 13.8 Å². The van der Waals surface area contributed by atoms with E-state index < -0.39 is 19.1 Å². The van der Waals surface area contributed by atoms with Crippen molar-refractivity contribution in [3.8, 4) is 0 Å². The van der Waals surface area contributed by atoms with E-state index in [2.05, 4.69) is 4.74 Å². The second-order valence-electron chi connectivity index (χ2n) is 1.66.